The summed E-state index contributed by atoms with van der Waals surface area (Å²) in [6.07, 6.45) is 0. The Morgan fingerprint density at radius 1 is 0.267 bits per heavy atom. The molecule has 0 amide bonds. The average molecular weight is 1240 g/mol. The molecule has 0 N–H and O–H groups in total. The van der Waals surface area contributed by atoms with Crippen molar-refractivity contribution < 1.29 is 57.7 Å². The Morgan fingerprint density at radius 3 is 0.581 bits per heavy atom. The van der Waals surface area contributed by atoms with E-state index in [1.165, 1.54) is 136 Å². The molecular formula is C81H87Cl3SiTi. The van der Waals surface area contributed by atoms with E-state index in [0.29, 0.717) is 35.5 Å². The summed E-state index contributed by atoms with van der Waals surface area (Å²) in [6, 6.07) is 80.2. The summed E-state index contributed by atoms with van der Waals surface area (Å²) in [4.78, 5) is 0. The summed E-state index contributed by atoms with van der Waals surface area (Å²) in [5.41, 5.74) is 27.2. The summed E-state index contributed by atoms with van der Waals surface area (Å²) in [5.74, 6) is 2.57. The number of hydrogen-bond donors (Lipinski definition) is 0. The Morgan fingerprint density at radius 2 is 0.442 bits per heavy atom. The molecular weight excluding hydrogens is 1160 g/mol. The second kappa shape index (κ2) is 27.8. The van der Waals surface area contributed by atoms with Gasteiger partial charge in [-0.25, -0.2) is 0 Å². The molecule has 0 nitrogen and oxygen atoms in total. The molecule has 1 aliphatic rings. The van der Waals surface area contributed by atoms with Crippen molar-refractivity contribution in [1.82, 2.24) is 0 Å². The van der Waals surface area contributed by atoms with Crippen molar-refractivity contribution >= 4 is 23.6 Å². The Bertz CT molecular complexity index is 3260. The fourth-order valence-electron chi connectivity index (χ4n) is 13.1. The molecule has 0 bridgehead atoms. The summed E-state index contributed by atoms with van der Waals surface area (Å²) in [6.45, 7) is 37.5. The van der Waals surface area contributed by atoms with Gasteiger partial charge in [0.1, 0.15) is 0 Å². The van der Waals surface area contributed by atoms with Gasteiger partial charge in [-0.1, -0.05) is 0 Å². The van der Waals surface area contributed by atoms with E-state index < -0.39 is 13.1 Å². The van der Waals surface area contributed by atoms with E-state index in [1.54, 1.807) is 0 Å². The Hall–Kier alpha value is -5.74. The smallest absolute Gasteiger partial charge is 1.00 e. The summed E-state index contributed by atoms with van der Waals surface area (Å²) < 4.78 is 1.46. The molecule has 0 saturated heterocycles. The largest absolute Gasteiger partial charge is 1.00 e. The molecule has 1 atom stereocenters. The first-order valence-corrected chi connectivity index (χ1v) is 33.6. The maximum Gasteiger partial charge on any atom is -1.00 e. The Kier molecular flexibility index (Phi) is 21.9. The van der Waals surface area contributed by atoms with Crippen molar-refractivity contribution in [3.8, 4) is 66.8 Å². The van der Waals surface area contributed by atoms with Crippen molar-refractivity contribution in [2.75, 3.05) is 0 Å². The zero-order chi connectivity index (χ0) is 59.2. The molecule has 0 radical (unpaired) electrons. The molecule has 0 aromatic heterocycles. The first-order valence-electron chi connectivity index (χ1n) is 30.8. The molecule has 10 rings (SSSR count). The average Bonchev–Trinajstić information content (AvgIpc) is 1.30. The number of hydrogen-bond acceptors (Lipinski definition) is 0. The molecule has 0 spiro atoms. The third kappa shape index (κ3) is 13.0. The molecule has 1 aliphatic carbocycles. The maximum atomic E-state index is 2.66. The second-order valence-corrected chi connectivity index (χ2v) is 31.2. The maximum absolute atomic E-state index is 3.60. The van der Waals surface area contributed by atoms with Gasteiger partial charge in [-0.15, -0.1) is 0 Å². The van der Waals surface area contributed by atoms with Crippen LogP contribution in [-0.2, 0) is 20.4 Å². The SMILES string of the molecule is CC1=C(C)C(C)([Si](c2cc(-c3ccc(C(C)C)cc3)cc(-c3ccc(C(C)C)cc3)c2)(c2cc(-c3ccc(C(C)C)cc3)cc(-c3ccc(C(C)C)cc3)c2)c2cc(-c3ccc(C(C)C)cc3)cc(-c3ccc(C(C)C)cc3)c2)[C]([Ti+3])=C1C.[Cl-].[Cl-].[Cl-]. The molecule has 86 heavy (non-hydrogen) atoms. The van der Waals surface area contributed by atoms with Gasteiger partial charge in [0.05, 0.1) is 0 Å². The molecule has 0 saturated carbocycles. The summed E-state index contributed by atoms with van der Waals surface area (Å²) >= 11 is 2.48. The van der Waals surface area contributed by atoms with E-state index in [0.717, 1.165) is 0 Å². The predicted octanol–water partition coefficient (Wildman–Crippen LogP) is 12.8. The van der Waals surface area contributed by atoms with Gasteiger partial charge in [0.15, 0.2) is 0 Å². The minimum atomic E-state index is -3.60. The minimum Gasteiger partial charge on any atom is -1.00 e. The Labute approximate surface area is 549 Å². The van der Waals surface area contributed by atoms with Gasteiger partial charge in [0.25, 0.3) is 0 Å². The zero-order valence-electron chi connectivity index (χ0n) is 53.7. The predicted molar refractivity (Wildman–Crippen MR) is 361 cm³/mol. The van der Waals surface area contributed by atoms with Gasteiger partial charge in [-0.05, 0) is 0 Å². The van der Waals surface area contributed by atoms with E-state index in [4.69, 9.17) is 0 Å². The van der Waals surface area contributed by atoms with Crippen LogP contribution in [0.2, 0.25) is 5.04 Å². The van der Waals surface area contributed by atoms with Gasteiger partial charge >= 0.3 is 516 Å². The number of halogens is 3. The van der Waals surface area contributed by atoms with Gasteiger partial charge < -0.3 is 37.2 Å². The standard InChI is InChI=1S/C81H87Si.3ClH.Ti/c1-51(2)60-17-29-66(30-18-60)72-41-73(67-31-19-61(20-32-67)52(3)4)45-78(44-72)82(81(16)50-57(13)58(14)59(81)15,79-46-74(68-33-21-62(22-34-68)53(5)6)42-75(47-79)69-35-23-63(24-36-69)54(7)8)80-48-76(70-37-25-64(26-38-70)55(9)10)43-77(49-80)71-39-27-65(28-40-71)56(11)12;;;;/h17-49,51-56H,1-16H3;3*1H;/q;;;;+3/p-3. The Balaban J connectivity index is 0.00000353. The van der Waals surface area contributed by atoms with E-state index in [1.807, 2.05) is 0 Å². The fourth-order valence-corrected chi connectivity index (χ4v) is 20.9. The summed E-state index contributed by atoms with van der Waals surface area (Å²) in [5, 5.41) is 3.75. The van der Waals surface area contributed by atoms with Crippen LogP contribution >= 0.6 is 0 Å². The van der Waals surface area contributed by atoms with E-state index in [9.17, 15) is 0 Å². The third-order valence-electron chi connectivity index (χ3n) is 19.1. The number of benzene rings is 9. The molecule has 9 aromatic rings. The van der Waals surface area contributed by atoms with Crippen LogP contribution in [0.5, 0.6) is 0 Å². The van der Waals surface area contributed by atoms with Crippen LogP contribution in [-0.4, -0.2) is 8.07 Å². The molecule has 440 valence electrons. The topological polar surface area (TPSA) is 0 Å². The minimum absolute atomic E-state index is 0. The van der Waals surface area contributed by atoms with Crippen molar-refractivity contribution in [3.63, 3.8) is 0 Å². The van der Waals surface area contributed by atoms with Crippen LogP contribution in [0.25, 0.3) is 66.8 Å². The second-order valence-electron chi connectivity index (χ2n) is 26.2. The first-order chi connectivity index (χ1) is 39.6. The van der Waals surface area contributed by atoms with Crippen LogP contribution in [0.3, 0.4) is 0 Å². The van der Waals surface area contributed by atoms with Crippen LogP contribution in [0.15, 0.2) is 221 Å². The molecule has 0 aliphatic heterocycles. The van der Waals surface area contributed by atoms with Gasteiger partial charge in [-0.2, -0.15) is 0 Å². The van der Waals surface area contributed by atoms with Crippen molar-refractivity contribution in [2.45, 2.75) is 151 Å². The number of rotatable bonds is 16. The first kappa shape index (κ1) is 67.8. The van der Waals surface area contributed by atoms with Crippen LogP contribution in [0.1, 0.15) is 180 Å². The zero-order valence-corrected chi connectivity index (χ0v) is 58.5. The molecule has 9 aromatic carbocycles. The monoisotopic (exact) mass is 1240 g/mol. The van der Waals surface area contributed by atoms with Crippen LogP contribution < -0.4 is 52.8 Å². The van der Waals surface area contributed by atoms with E-state index in [-0.39, 0.29) is 37.2 Å². The van der Waals surface area contributed by atoms with Gasteiger partial charge in [0.2, 0.25) is 0 Å². The van der Waals surface area contributed by atoms with Crippen molar-refractivity contribution in [2.24, 2.45) is 0 Å². The van der Waals surface area contributed by atoms with Gasteiger partial charge in [-0.3, -0.25) is 0 Å². The molecule has 0 heterocycles. The fraction of sp³-hybridized carbons (Fsp3) is 0.284. The quantitative estimate of drug-likeness (QED) is 0.0668. The van der Waals surface area contributed by atoms with Crippen LogP contribution in [0.4, 0.5) is 0 Å². The van der Waals surface area contributed by atoms with Crippen LogP contribution in [0, 0.1) is 0 Å². The van der Waals surface area contributed by atoms with Gasteiger partial charge in [0, 0.05) is 0 Å². The number of allylic oxidation sites excluding steroid dienone is 4. The third-order valence-corrected chi connectivity index (χ3v) is 26.4. The normalized spacial score (nSPS) is 14.4. The molecule has 5 heteroatoms. The molecule has 0 fully saturated rings. The molecule has 1 unspecified atom stereocenters. The van der Waals surface area contributed by atoms with Crippen molar-refractivity contribution in [1.29, 1.82) is 0 Å². The van der Waals surface area contributed by atoms with E-state index in [2.05, 4.69) is 331 Å². The summed E-state index contributed by atoms with van der Waals surface area (Å²) in [7, 11) is -3.60. The van der Waals surface area contributed by atoms with E-state index >= 15 is 0 Å². The van der Waals surface area contributed by atoms with Crippen molar-refractivity contribution in [3.05, 3.63) is 254 Å².